The van der Waals surface area contributed by atoms with Gasteiger partial charge in [-0.05, 0) is 48.6 Å². The standard InChI is InChI=1S/C12H22NO2PS/c1-3-5-11(2)13-16(14,15)8-4-6-12-7-9-17-10-12/h7,9-11H,3-6,8H2,1-2H3,(H2,13,14,15). The van der Waals surface area contributed by atoms with Gasteiger partial charge in [0.25, 0.3) is 7.52 Å². The lowest BCUT2D eigenvalue weighted by Crippen LogP contribution is -2.24. The Morgan fingerprint density at radius 3 is 2.94 bits per heavy atom. The molecule has 0 aliphatic heterocycles. The van der Waals surface area contributed by atoms with Crippen molar-refractivity contribution >= 4 is 18.9 Å². The minimum absolute atomic E-state index is 0.122. The average molecular weight is 275 g/mol. The highest BCUT2D eigenvalue weighted by molar-refractivity contribution is 7.55. The van der Waals surface area contributed by atoms with E-state index in [1.165, 1.54) is 5.56 Å². The number of hydrogen-bond acceptors (Lipinski definition) is 2. The summed E-state index contributed by atoms with van der Waals surface area (Å²) in [5.74, 6) is 0. The zero-order valence-electron chi connectivity index (χ0n) is 10.6. The summed E-state index contributed by atoms with van der Waals surface area (Å²) < 4.78 is 11.9. The van der Waals surface area contributed by atoms with Crippen molar-refractivity contribution < 1.29 is 9.46 Å². The summed E-state index contributed by atoms with van der Waals surface area (Å²) in [4.78, 5) is 9.79. The van der Waals surface area contributed by atoms with E-state index < -0.39 is 7.52 Å². The lowest BCUT2D eigenvalue weighted by Gasteiger charge is -2.18. The van der Waals surface area contributed by atoms with E-state index in [0.717, 1.165) is 25.7 Å². The number of thiophene rings is 1. The smallest absolute Gasteiger partial charge is 0.267 e. The van der Waals surface area contributed by atoms with Crippen LogP contribution in [0.4, 0.5) is 0 Å². The second-order valence-corrected chi connectivity index (χ2v) is 7.37. The van der Waals surface area contributed by atoms with E-state index in [1.807, 2.05) is 12.3 Å². The minimum atomic E-state index is -3.14. The van der Waals surface area contributed by atoms with Crippen LogP contribution in [0.3, 0.4) is 0 Å². The molecule has 98 valence electrons. The van der Waals surface area contributed by atoms with Crippen LogP contribution in [0.1, 0.15) is 38.7 Å². The van der Waals surface area contributed by atoms with Crippen molar-refractivity contribution in [1.82, 2.24) is 5.09 Å². The molecule has 0 saturated heterocycles. The third-order valence-electron chi connectivity index (χ3n) is 2.65. The quantitative estimate of drug-likeness (QED) is 0.712. The molecule has 0 bridgehead atoms. The van der Waals surface area contributed by atoms with E-state index in [9.17, 15) is 9.46 Å². The van der Waals surface area contributed by atoms with Crippen LogP contribution in [0.15, 0.2) is 16.8 Å². The first kappa shape index (κ1) is 14.9. The molecule has 1 heterocycles. The molecule has 0 aliphatic carbocycles. The molecular weight excluding hydrogens is 253 g/mol. The molecule has 0 aliphatic rings. The Hall–Kier alpha value is -0.150. The maximum atomic E-state index is 11.9. The van der Waals surface area contributed by atoms with Crippen molar-refractivity contribution in [2.24, 2.45) is 0 Å². The molecule has 2 N–H and O–H groups in total. The molecule has 0 saturated carbocycles. The van der Waals surface area contributed by atoms with Crippen molar-refractivity contribution in [3.05, 3.63) is 22.4 Å². The van der Waals surface area contributed by atoms with Crippen LogP contribution >= 0.6 is 18.9 Å². The van der Waals surface area contributed by atoms with Gasteiger partial charge in [-0.25, -0.2) is 5.09 Å². The zero-order valence-corrected chi connectivity index (χ0v) is 12.3. The Morgan fingerprint density at radius 1 is 1.59 bits per heavy atom. The number of nitrogens with one attached hydrogen (secondary N) is 1. The van der Waals surface area contributed by atoms with Crippen molar-refractivity contribution in [3.63, 3.8) is 0 Å². The predicted octanol–water partition coefficient (Wildman–Crippen LogP) is 3.64. The van der Waals surface area contributed by atoms with Gasteiger partial charge in [0, 0.05) is 12.2 Å². The summed E-state index contributed by atoms with van der Waals surface area (Å²) in [6.45, 7) is 4.04. The zero-order chi connectivity index (χ0) is 12.7. The highest BCUT2D eigenvalue weighted by Crippen LogP contribution is 2.37. The van der Waals surface area contributed by atoms with Crippen molar-refractivity contribution in [1.29, 1.82) is 0 Å². The van der Waals surface area contributed by atoms with Gasteiger partial charge in [0.15, 0.2) is 0 Å². The highest BCUT2D eigenvalue weighted by Gasteiger charge is 2.19. The van der Waals surface area contributed by atoms with Gasteiger partial charge in [0.2, 0.25) is 0 Å². The first-order valence-electron chi connectivity index (χ1n) is 6.14. The van der Waals surface area contributed by atoms with Crippen LogP contribution in [0.25, 0.3) is 0 Å². The average Bonchev–Trinajstić information content (AvgIpc) is 2.69. The Balaban J connectivity index is 2.26. The fourth-order valence-corrected chi connectivity index (χ4v) is 4.08. The molecule has 2 atom stereocenters. The van der Waals surface area contributed by atoms with E-state index in [1.54, 1.807) is 11.3 Å². The Bertz CT molecular complexity index is 353. The molecule has 1 rings (SSSR count). The summed E-state index contributed by atoms with van der Waals surface area (Å²) in [5.41, 5.74) is 1.26. The van der Waals surface area contributed by atoms with Gasteiger partial charge in [-0.15, -0.1) is 0 Å². The monoisotopic (exact) mass is 275 g/mol. The fourth-order valence-electron chi connectivity index (χ4n) is 1.84. The maximum Gasteiger partial charge on any atom is 0.267 e. The third-order valence-corrected chi connectivity index (χ3v) is 5.15. The molecule has 0 aromatic carbocycles. The van der Waals surface area contributed by atoms with Gasteiger partial charge in [-0.2, -0.15) is 11.3 Å². The molecule has 1 aromatic rings. The highest BCUT2D eigenvalue weighted by atomic mass is 32.1. The van der Waals surface area contributed by atoms with Crippen LogP contribution in [-0.4, -0.2) is 17.1 Å². The molecular formula is C12H22NO2PS. The van der Waals surface area contributed by atoms with E-state index in [2.05, 4.69) is 23.5 Å². The molecule has 0 fully saturated rings. The summed E-state index contributed by atoms with van der Waals surface area (Å²) >= 11 is 1.67. The van der Waals surface area contributed by atoms with E-state index in [0.29, 0.717) is 6.16 Å². The number of hydrogen-bond donors (Lipinski definition) is 2. The van der Waals surface area contributed by atoms with Crippen LogP contribution < -0.4 is 5.09 Å². The van der Waals surface area contributed by atoms with Crippen LogP contribution in [0.5, 0.6) is 0 Å². The van der Waals surface area contributed by atoms with Crippen LogP contribution in [0.2, 0.25) is 0 Å². The first-order chi connectivity index (χ1) is 8.03. The van der Waals surface area contributed by atoms with Crippen molar-refractivity contribution in [3.8, 4) is 0 Å². The van der Waals surface area contributed by atoms with Crippen molar-refractivity contribution in [2.75, 3.05) is 6.16 Å². The number of aryl methyl sites for hydroxylation is 1. The SMILES string of the molecule is CCCC(C)NP(=O)(O)CCCc1ccsc1. The summed E-state index contributed by atoms with van der Waals surface area (Å²) in [6.07, 6.45) is 3.98. The molecule has 0 radical (unpaired) electrons. The molecule has 3 nitrogen and oxygen atoms in total. The second kappa shape index (κ2) is 7.32. The van der Waals surface area contributed by atoms with E-state index in [-0.39, 0.29) is 6.04 Å². The molecule has 5 heteroatoms. The third kappa shape index (κ3) is 6.37. The molecule has 17 heavy (non-hydrogen) atoms. The Labute approximate surface area is 108 Å². The van der Waals surface area contributed by atoms with Gasteiger partial charge in [-0.3, -0.25) is 4.57 Å². The Kier molecular flexibility index (Phi) is 6.42. The summed E-state index contributed by atoms with van der Waals surface area (Å²) in [5, 5.41) is 6.98. The van der Waals surface area contributed by atoms with Crippen molar-refractivity contribution in [2.45, 2.75) is 45.6 Å². The molecule has 0 spiro atoms. The molecule has 1 aromatic heterocycles. The van der Waals surface area contributed by atoms with Crippen LogP contribution in [0, 0.1) is 0 Å². The molecule has 0 amide bonds. The van der Waals surface area contributed by atoms with E-state index in [4.69, 9.17) is 0 Å². The largest absolute Gasteiger partial charge is 0.333 e. The first-order valence-corrected chi connectivity index (χ1v) is 8.93. The Morgan fingerprint density at radius 2 is 2.35 bits per heavy atom. The maximum absolute atomic E-state index is 11.9. The summed E-state index contributed by atoms with van der Waals surface area (Å²) in [6, 6.07) is 2.19. The topological polar surface area (TPSA) is 49.3 Å². The van der Waals surface area contributed by atoms with Gasteiger partial charge < -0.3 is 4.89 Å². The lowest BCUT2D eigenvalue weighted by atomic mass is 10.2. The molecule has 2 unspecified atom stereocenters. The van der Waals surface area contributed by atoms with E-state index >= 15 is 0 Å². The minimum Gasteiger partial charge on any atom is -0.333 e. The predicted molar refractivity (Wildman–Crippen MR) is 74.8 cm³/mol. The fraction of sp³-hybridized carbons (Fsp3) is 0.667. The van der Waals surface area contributed by atoms with Gasteiger partial charge in [0.05, 0.1) is 0 Å². The second-order valence-electron chi connectivity index (χ2n) is 4.48. The van der Waals surface area contributed by atoms with Gasteiger partial charge in [-0.1, -0.05) is 13.3 Å². The summed E-state index contributed by atoms with van der Waals surface area (Å²) in [7, 11) is -3.14. The lowest BCUT2D eigenvalue weighted by molar-refractivity contribution is 0.443. The van der Waals surface area contributed by atoms with Crippen LogP contribution in [-0.2, 0) is 11.0 Å². The van der Waals surface area contributed by atoms with Gasteiger partial charge in [0.1, 0.15) is 0 Å². The van der Waals surface area contributed by atoms with Gasteiger partial charge >= 0.3 is 0 Å². The number of rotatable bonds is 8. The normalized spacial score (nSPS) is 16.6.